The van der Waals surface area contributed by atoms with Gasteiger partial charge in [-0.3, -0.25) is 0 Å². The van der Waals surface area contributed by atoms with Gasteiger partial charge in [-0.2, -0.15) is 0 Å². The van der Waals surface area contributed by atoms with E-state index in [0.29, 0.717) is 10.0 Å². The van der Waals surface area contributed by atoms with Crippen LogP contribution < -0.4 is 5.32 Å². The summed E-state index contributed by atoms with van der Waals surface area (Å²) >= 11 is 12.1. The summed E-state index contributed by atoms with van der Waals surface area (Å²) in [5.41, 5.74) is 3.29. The minimum Gasteiger partial charge on any atom is -0.357 e. The van der Waals surface area contributed by atoms with E-state index in [1.807, 2.05) is 26.1 Å². The second-order valence-corrected chi connectivity index (χ2v) is 4.33. The standard InChI is InChI=1S/C11H12Cl2N2/c1-6-8(5-14-2)7-3-4-9(12)10(13)11(7)15-6/h3-4,14-15H,5H2,1-2H3. The molecule has 0 atom stereocenters. The molecule has 0 saturated carbocycles. The van der Waals surface area contributed by atoms with Crippen LogP contribution in [0, 0.1) is 6.92 Å². The lowest BCUT2D eigenvalue weighted by Gasteiger charge is -2.00. The van der Waals surface area contributed by atoms with E-state index in [2.05, 4.69) is 10.3 Å². The molecule has 1 aromatic heterocycles. The molecule has 2 nitrogen and oxygen atoms in total. The normalized spacial score (nSPS) is 11.2. The number of fused-ring (bicyclic) bond motifs is 1. The lowest BCUT2D eigenvalue weighted by molar-refractivity contribution is 0.817. The molecule has 1 heterocycles. The average Bonchev–Trinajstić information content (AvgIpc) is 2.52. The van der Waals surface area contributed by atoms with Gasteiger partial charge in [0.1, 0.15) is 0 Å². The largest absolute Gasteiger partial charge is 0.357 e. The van der Waals surface area contributed by atoms with Crippen LogP contribution in [0.2, 0.25) is 10.0 Å². The minimum atomic E-state index is 0.585. The first-order valence-corrected chi connectivity index (χ1v) is 5.50. The molecule has 0 aliphatic heterocycles. The number of H-pyrrole nitrogens is 1. The van der Waals surface area contributed by atoms with Crippen molar-refractivity contribution in [3.63, 3.8) is 0 Å². The molecule has 0 radical (unpaired) electrons. The Morgan fingerprint density at radius 2 is 2.07 bits per heavy atom. The molecule has 2 N–H and O–H groups in total. The van der Waals surface area contributed by atoms with Gasteiger partial charge in [-0.15, -0.1) is 0 Å². The summed E-state index contributed by atoms with van der Waals surface area (Å²) in [5.74, 6) is 0. The van der Waals surface area contributed by atoms with E-state index in [9.17, 15) is 0 Å². The van der Waals surface area contributed by atoms with E-state index in [-0.39, 0.29) is 0 Å². The number of aromatic nitrogens is 1. The highest BCUT2D eigenvalue weighted by molar-refractivity contribution is 6.45. The summed E-state index contributed by atoms with van der Waals surface area (Å²) < 4.78 is 0. The molecule has 0 saturated heterocycles. The SMILES string of the molecule is CNCc1c(C)[nH]c2c(Cl)c(Cl)ccc12. The monoisotopic (exact) mass is 242 g/mol. The van der Waals surface area contributed by atoms with Gasteiger partial charge in [0.2, 0.25) is 0 Å². The molecular formula is C11H12Cl2N2. The molecule has 1 aromatic carbocycles. The Hall–Kier alpha value is -0.700. The predicted octanol–water partition coefficient (Wildman–Crippen LogP) is 3.50. The maximum Gasteiger partial charge on any atom is 0.0833 e. The van der Waals surface area contributed by atoms with E-state index in [1.54, 1.807) is 0 Å². The highest BCUT2D eigenvalue weighted by Gasteiger charge is 2.11. The molecule has 0 unspecified atom stereocenters. The molecular weight excluding hydrogens is 231 g/mol. The fourth-order valence-corrected chi connectivity index (χ4v) is 2.16. The Labute approximate surface area is 98.6 Å². The highest BCUT2D eigenvalue weighted by Crippen LogP contribution is 2.33. The summed E-state index contributed by atoms with van der Waals surface area (Å²) in [6.07, 6.45) is 0. The first-order valence-electron chi connectivity index (χ1n) is 4.75. The van der Waals surface area contributed by atoms with Crippen LogP contribution in [0.1, 0.15) is 11.3 Å². The van der Waals surface area contributed by atoms with E-state index in [0.717, 1.165) is 23.1 Å². The van der Waals surface area contributed by atoms with Crippen molar-refractivity contribution in [1.82, 2.24) is 10.3 Å². The first-order chi connectivity index (χ1) is 7.15. The van der Waals surface area contributed by atoms with Crippen LogP contribution >= 0.6 is 23.2 Å². The minimum absolute atomic E-state index is 0.585. The number of aromatic amines is 1. The van der Waals surface area contributed by atoms with Crippen molar-refractivity contribution < 1.29 is 0 Å². The van der Waals surface area contributed by atoms with Crippen molar-refractivity contribution in [2.45, 2.75) is 13.5 Å². The lowest BCUT2D eigenvalue weighted by Crippen LogP contribution is -2.05. The number of hydrogen-bond donors (Lipinski definition) is 2. The van der Waals surface area contributed by atoms with Gasteiger partial charge in [0.15, 0.2) is 0 Å². The maximum atomic E-state index is 6.13. The Morgan fingerprint density at radius 1 is 1.33 bits per heavy atom. The summed E-state index contributed by atoms with van der Waals surface area (Å²) in [6, 6.07) is 3.83. The fourth-order valence-electron chi connectivity index (χ4n) is 1.79. The molecule has 15 heavy (non-hydrogen) atoms. The molecule has 4 heteroatoms. The highest BCUT2D eigenvalue weighted by atomic mass is 35.5. The van der Waals surface area contributed by atoms with E-state index >= 15 is 0 Å². The molecule has 0 fully saturated rings. The van der Waals surface area contributed by atoms with Gasteiger partial charge in [-0.1, -0.05) is 29.3 Å². The van der Waals surface area contributed by atoms with Crippen molar-refractivity contribution in [1.29, 1.82) is 0 Å². The topological polar surface area (TPSA) is 27.8 Å². The van der Waals surface area contributed by atoms with Gasteiger partial charge in [0.25, 0.3) is 0 Å². The third kappa shape index (κ3) is 1.73. The zero-order valence-electron chi connectivity index (χ0n) is 8.62. The second-order valence-electron chi connectivity index (χ2n) is 3.54. The Morgan fingerprint density at radius 3 is 2.73 bits per heavy atom. The van der Waals surface area contributed by atoms with Crippen LogP contribution in [0.4, 0.5) is 0 Å². The van der Waals surface area contributed by atoms with Crippen LogP contribution in [0.5, 0.6) is 0 Å². The van der Waals surface area contributed by atoms with Gasteiger partial charge < -0.3 is 10.3 Å². The predicted molar refractivity (Wildman–Crippen MR) is 65.8 cm³/mol. The molecule has 0 aliphatic carbocycles. The number of halogens is 2. The van der Waals surface area contributed by atoms with Crippen molar-refractivity contribution >= 4 is 34.1 Å². The van der Waals surface area contributed by atoms with Gasteiger partial charge >= 0.3 is 0 Å². The zero-order chi connectivity index (χ0) is 11.0. The number of rotatable bonds is 2. The van der Waals surface area contributed by atoms with Crippen molar-refractivity contribution in [2.24, 2.45) is 0 Å². The molecule has 0 amide bonds. The summed E-state index contributed by atoms with van der Waals surface area (Å²) in [7, 11) is 1.93. The molecule has 0 spiro atoms. The first kappa shape index (κ1) is 10.8. The van der Waals surface area contributed by atoms with Gasteiger partial charge in [0.05, 0.1) is 15.6 Å². The number of benzene rings is 1. The summed E-state index contributed by atoms with van der Waals surface area (Å²) in [5, 5.41) is 5.46. The average molecular weight is 243 g/mol. The summed E-state index contributed by atoms with van der Waals surface area (Å²) in [4.78, 5) is 3.26. The number of hydrogen-bond acceptors (Lipinski definition) is 1. The molecule has 2 rings (SSSR count). The van der Waals surface area contributed by atoms with E-state index in [1.165, 1.54) is 5.56 Å². The zero-order valence-corrected chi connectivity index (χ0v) is 10.1. The van der Waals surface area contributed by atoms with E-state index < -0.39 is 0 Å². The fraction of sp³-hybridized carbons (Fsp3) is 0.273. The molecule has 2 aromatic rings. The van der Waals surface area contributed by atoms with Crippen LogP contribution in [0.3, 0.4) is 0 Å². The Kier molecular flexibility index (Phi) is 2.91. The molecule has 80 valence electrons. The van der Waals surface area contributed by atoms with Gasteiger partial charge in [0, 0.05) is 17.6 Å². The van der Waals surface area contributed by atoms with E-state index in [4.69, 9.17) is 23.2 Å². The Balaban J connectivity index is 2.73. The number of aryl methyl sites for hydroxylation is 1. The van der Waals surface area contributed by atoms with Crippen molar-refractivity contribution in [2.75, 3.05) is 7.05 Å². The summed E-state index contributed by atoms with van der Waals surface area (Å²) in [6.45, 7) is 2.86. The lowest BCUT2D eigenvalue weighted by atomic mass is 10.1. The van der Waals surface area contributed by atoms with Crippen molar-refractivity contribution in [3.8, 4) is 0 Å². The van der Waals surface area contributed by atoms with Gasteiger partial charge in [-0.25, -0.2) is 0 Å². The van der Waals surface area contributed by atoms with Crippen LogP contribution in [0.25, 0.3) is 10.9 Å². The third-order valence-electron chi connectivity index (χ3n) is 2.54. The third-order valence-corrected chi connectivity index (χ3v) is 3.34. The second kappa shape index (κ2) is 4.05. The smallest absolute Gasteiger partial charge is 0.0833 e. The van der Waals surface area contributed by atoms with Gasteiger partial charge in [-0.05, 0) is 25.6 Å². The van der Waals surface area contributed by atoms with Crippen LogP contribution in [-0.4, -0.2) is 12.0 Å². The van der Waals surface area contributed by atoms with Crippen LogP contribution in [0.15, 0.2) is 12.1 Å². The quantitative estimate of drug-likeness (QED) is 0.829. The number of nitrogens with one attached hydrogen (secondary N) is 2. The Bertz CT molecular complexity index is 503. The van der Waals surface area contributed by atoms with Crippen LogP contribution in [-0.2, 0) is 6.54 Å². The van der Waals surface area contributed by atoms with Crippen molar-refractivity contribution in [3.05, 3.63) is 33.4 Å². The molecule has 0 aliphatic rings. The molecule has 0 bridgehead atoms. The maximum absolute atomic E-state index is 6.13.